The Morgan fingerprint density at radius 3 is 2.78 bits per heavy atom. The summed E-state index contributed by atoms with van der Waals surface area (Å²) in [5.74, 6) is -0.386. The van der Waals surface area contributed by atoms with E-state index in [1.807, 2.05) is 6.92 Å². The summed E-state index contributed by atoms with van der Waals surface area (Å²) in [5, 5.41) is 12.4. The average molecular weight is 334 g/mol. The number of aromatic hydroxyl groups is 1. The number of carbonyl (C=O) groups is 1. The number of amides is 1. The lowest BCUT2D eigenvalue weighted by Gasteiger charge is -2.10. The molecule has 1 rings (SSSR count). The molecule has 0 bridgehead atoms. The van der Waals surface area contributed by atoms with Gasteiger partial charge in [-0.15, -0.1) is 0 Å². The van der Waals surface area contributed by atoms with E-state index in [-0.39, 0.29) is 22.5 Å². The van der Waals surface area contributed by atoms with E-state index in [1.54, 1.807) is 18.4 Å². The zero-order chi connectivity index (χ0) is 13.7. The first-order valence-electron chi connectivity index (χ1n) is 5.50. The van der Waals surface area contributed by atoms with Crippen molar-refractivity contribution in [2.24, 2.45) is 0 Å². The normalized spacial score (nSPS) is 13.9. The van der Waals surface area contributed by atoms with Gasteiger partial charge in [-0.2, -0.15) is 0 Å². The van der Waals surface area contributed by atoms with Crippen molar-refractivity contribution in [1.29, 1.82) is 0 Å². The summed E-state index contributed by atoms with van der Waals surface area (Å²) in [6.07, 6.45) is 2.29. The molecule has 1 amide bonds. The first-order valence-corrected chi connectivity index (χ1v) is 7.92. The molecule has 2 N–H and O–H groups in total. The quantitative estimate of drug-likeness (QED) is 0.866. The van der Waals surface area contributed by atoms with E-state index >= 15 is 0 Å². The molecule has 18 heavy (non-hydrogen) atoms. The Hall–Kier alpha value is -0.880. The molecule has 0 saturated heterocycles. The molecule has 0 aliphatic carbocycles. The Kier molecular flexibility index (Phi) is 5.81. The summed E-state index contributed by atoms with van der Waals surface area (Å²) in [7, 11) is -0.884. The zero-order valence-corrected chi connectivity index (χ0v) is 12.7. The summed E-state index contributed by atoms with van der Waals surface area (Å²) in [6.45, 7) is 2.31. The molecule has 6 heteroatoms. The third-order valence-electron chi connectivity index (χ3n) is 2.61. The van der Waals surface area contributed by atoms with Gasteiger partial charge in [-0.05, 0) is 24.6 Å². The van der Waals surface area contributed by atoms with Gasteiger partial charge in [-0.25, -0.2) is 0 Å². The molecule has 0 aromatic heterocycles. The molecule has 100 valence electrons. The number of rotatable bonds is 5. The Balaban J connectivity index is 2.53. The maximum atomic E-state index is 11.8. The van der Waals surface area contributed by atoms with E-state index in [0.29, 0.717) is 17.4 Å². The highest BCUT2D eigenvalue weighted by Crippen LogP contribution is 2.22. The van der Waals surface area contributed by atoms with Crippen LogP contribution >= 0.6 is 15.9 Å². The van der Waals surface area contributed by atoms with Gasteiger partial charge in [0.15, 0.2) is 0 Å². The number of benzene rings is 1. The predicted octanol–water partition coefficient (Wildman–Crippen LogP) is 2.04. The van der Waals surface area contributed by atoms with Gasteiger partial charge < -0.3 is 10.4 Å². The first kappa shape index (κ1) is 15.2. The number of phenols is 1. The van der Waals surface area contributed by atoms with Crippen LogP contribution < -0.4 is 5.32 Å². The second-order valence-electron chi connectivity index (χ2n) is 4.02. The molecule has 0 spiro atoms. The second kappa shape index (κ2) is 6.89. The fourth-order valence-electron chi connectivity index (χ4n) is 1.35. The fourth-order valence-corrected chi connectivity index (χ4v) is 2.15. The van der Waals surface area contributed by atoms with E-state index in [0.717, 1.165) is 0 Å². The summed E-state index contributed by atoms with van der Waals surface area (Å²) >= 11 is 3.21. The van der Waals surface area contributed by atoms with Gasteiger partial charge in [0.05, 0.1) is 5.56 Å². The van der Waals surface area contributed by atoms with E-state index in [4.69, 9.17) is 0 Å². The Bertz CT molecular complexity index is 465. The van der Waals surface area contributed by atoms with Crippen molar-refractivity contribution < 1.29 is 14.1 Å². The van der Waals surface area contributed by atoms with Crippen LogP contribution in [0.4, 0.5) is 0 Å². The minimum atomic E-state index is -0.884. The minimum absolute atomic E-state index is 0.0452. The minimum Gasteiger partial charge on any atom is -0.507 e. The smallest absolute Gasteiger partial charge is 0.255 e. The van der Waals surface area contributed by atoms with Crippen molar-refractivity contribution in [2.75, 3.05) is 12.8 Å². The maximum Gasteiger partial charge on any atom is 0.255 e. The summed E-state index contributed by atoms with van der Waals surface area (Å²) in [6, 6.07) is 4.72. The van der Waals surface area contributed by atoms with Gasteiger partial charge in [-0.3, -0.25) is 9.00 Å². The van der Waals surface area contributed by atoms with Gasteiger partial charge in [0, 0.05) is 33.3 Å². The third kappa shape index (κ3) is 4.42. The van der Waals surface area contributed by atoms with E-state index in [1.165, 1.54) is 6.07 Å². The second-order valence-corrected chi connectivity index (χ2v) is 6.73. The van der Waals surface area contributed by atoms with Gasteiger partial charge in [0.25, 0.3) is 5.91 Å². The van der Waals surface area contributed by atoms with Crippen LogP contribution in [0.2, 0.25) is 0 Å². The predicted molar refractivity (Wildman–Crippen MR) is 76.3 cm³/mol. The van der Waals surface area contributed by atoms with Crippen LogP contribution in [0.15, 0.2) is 22.7 Å². The standard InChI is InChI=1S/C12H16BrNO3S/c1-8(18(2)17)5-6-14-12(16)10-4-3-9(13)7-11(10)15/h3-4,7-8,15H,5-6H2,1-2H3,(H,14,16). The number of hydrogen-bond acceptors (Lipinski definition) is 3. The van der Waals surface area contributed by atoms with Crippen LogP contribution in [0, 0.1) is 0 Å². The monoisotopic (exact) mass is 333 g/mol. The summed E-state index contributed by atoms with van der Waals surface area (Å²) in [5.41, 5.74) is 0.239. The fraction of sp³-hybridized carbons (Fsp3) is 0.417. The summed E-state index contributed by atoms with van der Waals surface area (Å²) < 4.78 is 11.8. The molecule has 1 aromatic carbocycles. The highest BCUT2D eigenvalue weighted by atomic mass is 79.9. The SMILES string of the molecule is CC(CCNC(=O)c1ccc(Br)cc1O)S(C)=O. The van der Waals surface area contributed by atoms with Crippen molar-refractivity contribution in [3.8, 4) is 5.75 Å². The van der Waals surface area contributed by atoms with Crippen LogP contribution in [0.5, 0.6) is 5.75 Å². The Labute approximate surface area is 117 Å². The molecular weight excluding hydrogens is 318 g/mol. The zero-order valence-electron chi connectivity index (χ0n) is 10.3. The number of carbonyl (C=O) groups excluding carboxylic acids is 1. The molecule has 0 heterocycles. The van der Waals surface area contributed by atoms with Crippen LogP contribution in [-0.2, 0) is 10.8 Å². The van der Waals surface area contributed by atoms with Gasteiger partial charge >= 0.3 is 0 Å². The Morgan fingerprint density at radius 2 is 2.22 bits per heavy atom. The average Bonchev–Trinajstić information content (AvgIpc) is 2.28. The lowest BCUT2D eigenvalue weighted by atomic mass is 10.2. The molecule has 4 nitrogen and oxygen atoms in total. The van der Waals surface area contributed by atoms with Crippen molar-refractivity contribution in [2.45, 2.75) is 18.6 Å². The Morgan fingerprint density at radius 1 is 1.56 bits per heavy atom. The van der Waals surface area contributed by atoms with Crippen LogP contribution in [0.3, 0.4) is 0 Å². The maximum absolute atomic E-state index is 11.8. The lowest BCUT2D eigenvalue weighted by molar-refractivity contribution is 0.0950. The van der Waals surface area contributed by atoms with Gasteiger partial charge in [0.2, 0.25) is 0 Å². The number of nitrogens with one attached hydrogen (secondary N) is 1. The lowest BCUT2D eigenvalue weighted by Crippen LogP contribution is -2.27. The molecular formula is C12H16BrNO3S. The third-order valence-corrected chi connectivity index (χ3v) is 4.47. The van der Waals surface area contributed by atoms with Crippen LogP contribution in [-0.4, -0.2) is 33.3 Å². The number of hydrogen-bond donors (Lipinski definition) is 2. The van der Waals surface area contributed by atoms with Crippen LogP contribution in [0.1, 0.15) is 23.7 Å². The van der Waals surface area contributed by atoms with E-state index in [9.17, 15) is 14.1 Å². The van der Waals surface area contributed by atoms with Crippen molar-refractivity contribution in [3.05, 3.63) is 28.2 Å². The van der Waals surface area contributed by atoms with Crippen molar-refractivity contribution >= 4 is 32.6 Å². The van der Waals surface area contributed by atoms with Crippen LogP contribution in [0.25, 0.3) is 0 Å². The van der Waals surface area contributed by atoms with Crippen molar-refractivity contribution in [1.82, 2.24) is 5.32 Å². The number of phenolic OH excluding ortho intramolecular Hbond substituents is 1. The molecule has 0 aliphatic heterocycles. The summed E-state index contributed by atoms with van der Waals surface area (Å²) in [4.78, 5) is 11.8. The molecule has 2 atom stereocenters. The molecule has 0 saturated carbocycles. The molecule has 0 aliphatic rings. The topological polar surface area (TPSA) is 66.4 Å². The van der Waals surface area contributed by atoms with Gasteiger partial charge in [0.1, 0.15) is 5.75 Å². The first-order chi connectivity index (χ1) is 8.41. The molecule has 0 fully saturated rings. The van der Waals surface area contributed by atoms with Gasteiger partial charge in [-0.1, -0.05) is 22.9 Å². The van der Waals surface area contributed by atoms with E-state index < -0.39 is 10.8 Å². The molecule has 0 radical (unpaired) electrons. The molecule has 2 unspecified atom stereocenters. The van der Waals surface area contributed by atoms with E-state index in [2.05, 4.69) is 21.2 Å². The number of halogens is 1. The highest BCUT2D eigenvalue weighted by Gasteiger charge is 2.12. The largest absolute Gasteiger partial charge is 0.507 e. The highest BCUT2D eigenvalue weighted by molar-refractivity contribution is 9.10. The van der Waals surface area contributed by atoms with Crippen molar-refractivity contribution in [3.63, 3.8) is 0 Å². The molecule has 1 aromatic rings.